The monoisotopic (exact) mass is 369 g/mol. The molecule has 0 atom stereocenters. The molecule has 2 aromatic carbocycles. The molecule has 3 nitrogen and oxygen atoms in total. The minimum absolute atomic E-state index is 0.753. The van der Waals surface area contributed by atoms with Crippen molar-refractivity contribution in [1.82, 2.24) is 9.80 Å². The maximum absolute atomic E-state index is 6.11. The summed E-state index contributed by atoms with van der Waals surface area (Å²) in [7, 11) is 0. The van der Waals surface area contributed by atoms with Crippen molar-refractivity contribution in [2.24, 2.45) is 0 Å². The number of benzene rings is 2. The maximum Gasteiger partial charge on any atom is 0.0409 e. The van der Waals surface area contributed by atoms with Crippen LogP contribution in [0.15, 0.2) is 54.6 Å². The molecule has 0 unspecified atom stereocenters. The van der Waals surface area contributed by atoms with Crippen LogP contribution in [0.25, 0.3) is 0 Å². The van der Waals surface area contributed by atoms with E-state index in [1.165, 1.54) is 50.3 Å². The second-order valence-electron chi connectivity index (χ2n) is 7.50. The summed E-state index contributed by atoms with van der Waals surface area (Å²) in [5.74, 6) is 0. The van der Waals surface area contributed by atoms with Gasteiger partial charge in [0, 0.05) is 49.5 Å². The highest BCUT2D eigenvalue weighted by Gasteiger charge is 2.27. The lowest BCUT2D eigenvalue weighted by atomic mass is 10.0. The fourth-order valence-electron chi connectivity index (χ4n) is 4.32. The Morgan fingerprint density at radius 2 is 1.54 bits per heavy atom. The summed E-state index contributed by atoms with van der Waals surface area (Å²) in [6, 6.07) is 19.9. The summed E-state index contributed by atoms with van der Waals surface area (Å²) >= 11 is 6.11. The number of piperidine rings is 1. The fraction of sp³-hybridized carbons (Fsp3) is 0.455. The predicted molar refractivity (Wildman–Crippen MR) is 110 cm³/mol. The maximum atomic E-state index is 6.11. The van der Waals surface area contributed by atoms with E-state index < -0.39 is 0 Å². The van der Waals surface area contributed by atoms with Crippen molar-refractivity contribution in [3.05, 3.63) is 65.2 Å². The molecule has 2 saturated heterocycles. The number of hydrogen-bond donors (Lipinski definition) is 0. The van der Waals surface area contributed by atoms with E-state index in [0.29, 0.717) is 0 Å². The van der Waals surface area contributed by atoms with Crippen LogP contribution in [0.3, 0.4) is 0 Å². The van der Waals surface area contributed by atoms with Crippen LogP contribution >= 0.6 is 11.6 Å². The van der Waals surface area contributed by atoms with Crippen molar-refractivity contribution in [2.75, 3.05) is 44.2 Å². The number of anilines is 1. The van der Waals surface area contributed by atoms with E-state index in [0.717, 1.165) is 30.7 Å². The lowest BCUT2D eigenvalue weighted by Crippen LogP contribution is -2.53. The zero-order valence-corrected chi connectivity index (χ0v) is 16.1. The third kappa shape index (κ3) is 4.40. The predicted octanol–water partition coefficient (Wildman–Crippen LogP) is 4.13. The summed E-state index contributed by atoms with van der Waals surface area (Å²) in [6.45, 7) is 8.07. The molecule has 0 spiro atoms. The zero-order valence-electron chi connectivity index (χ0n) is 15.4. The summed E-state index contributed by atoms with van der Waals surface area (Å²) < 4.78 is 0. The molecule has 0 bridgehead atoms. The molecular formula is C22H28ClN3. The van der Waals surface area contributed by atoms with Gasteiger partial charge in [0.05, 0.1) is 0 Å². The van der Waals surface area contributed by atoms with Gasteiger partial charge < -0.3 is 4.90 Å². The van der Waals surface area contributed by atoms with Gasteiger partial charge in [0.25, 0.3) is 0 Å². The Morgan fingerprint density at radius 3 is 2.23 bits per heavy atom. The molecule has 0 amide bonds. The summed E-state index contributed by atoms with van der Waals surface area (Å²) in [4.78, 5) is 7.81. The van der Waals surface area contributed by atoms with Crippen molar-refractivity contribution in [3.8, 4) is 0 Å². The van der Waals surface area contributed by atoms with Crippen LogP contribution in [0, 0.1) is 0 Å². The van der Waals surface area contributed by atoms with E-state index >= 15 is 0 Å². The molecular weight excluding hydrogens is 342 g/mol. The molecule has 26 heavy (non-hydrogen) atoms. The molecule has 2 heterocycles. The average molecular weight is 370 g/mol. The molecule has 0 aromatic heterocycles. The lowest BCUT2D eigenvalue weighted by Gasteiger charge is -2.43. The van der Waals surface area contributed by atoms with Gasteiger partial charge in [0.1, 0.15) is 0 Å². The summed E-state index contributed by atoms with van der Waals surface area (Å²) in [5.41, 5.74) is 2.69. The molecule has 0 saturated carbocycles. The quantitative estimate of drug-likeness (QED) is 0.802. The van der Waals surface area contributed by atoms with Crippen LogP contribution in [0.5, 0.6) is 0 Å². The molecule has 4 heteroatoms. The van der Waals surface area contributed by atoms with E-state index in [1.807, 2.05) is 6.07 Å². The normalized spacial score (nSPS) is 20.4. The molecule has 2 aliphatic rings. The second-order valence-corrected chi connectivity index (χ2v) is 7.93. The van der Waals surface area contributed by atoms with Crippen molar-refractivity contribution >= 4 is 17.3 Å². The first-order chi connectivity index (χ1) is 12.8. The van der Waals surface area contributed by atoms with E-state index in [9.17, 15) is 0 Å². The van der Waals surface area contributed by atoms with E-state index in [2.05, 4.69) is 63.2 Å². The highest BCUT2D eigenvalue weighted by Crippen LogP contribution is 2.22. The number of likely N-dealkylation sites (tertiary alicyclic amines) is 1. The van der Waals surface area contributed by atoms with E-state index in [4.69, 9.17) is 11.6 Å². The Hall–Kier alpha value is -1.55. The first kappa shape index (κ1) is 17.8. The third-order valence-corrected chi connectivity index (χ3v) is 6.04. The first-order valence-corrected chi connectivity index (χ1v) is 10.2. The first-order valence-electron chi connectivity index (χ1n) is 9.79. The topological polar surface area (TPSA) is 9.72 Å². The minimum atomic E-state index is 0.753. The van der Waals surface area contributed by atoms with Gasteiger partial charge in [-0.2, -0.15) is 0 Å². The van der Waals surface area contributed by atoms with Gasteiger partial charge in [-0.05, 0) is 55.8 Å². The van der Waals surface area contributed by atoms with Gasteiger partial charge in [0.15, 0.2) is 0 Å². The van der Waals surface area contributed by atoms with Gasteiger partial charge in [0.2, 0.25) is 0 Å². The van der Waals surface area contributed by atoms with Gasteiger partial charge >= 0.3 is 0 Å². The van der Waals surface area contributed by atoms with Crippen LogP contribution in [0.4, 0.5) is 5.69 Å². The minimum Gasteiger partial charge on any atom is -0.369 e. The van der Waals surface area contributed by atoms with Crippen LogP contribution < -0.4 is 4.90 Å². The Morgan fingerprint density at radius 1 is 0.808 bits per heavy atom. The van der Waals surface area contributed by atoms with Crippen molar-refractivity contribution in [2.45, 2.75) is 25.4 Å². The molecule has 0 aliphatic carbocycles. The van der Waals surface area contributed by atoms with Crippen LogP contribution in [0.1, 0.15) is 18.4 Å². The Labute approximate surface area is 162 Å². The average Bonchev–Trinajstić information content (AvgIpc) is 2.70. The number of hydrogen-bond acceptors (Lipinski definition) is 3. The van der Waals surface area contributed by atoms with Crippen molar-refractivity contribution in [1.29, 1.82) is 0 Å². The number of para-hydroxylation sites is 1. The number of piperazine rings is 1. The standard InChI is InChI=1S/C22H28ClN3/c23-20-6-4-5-19(17-20)18-24-11-9-22(10-12-24)26-15-13-25(14-16-26)21-7-2-1-3-8-21/h1-8,17,22H,9-16,18H2. The van der Waals surface area contributed by atoms with Crippen molar-refractivity contribution < 1.29 is 0 Å². The number of halogens is 1. The molecule has 2 aliphatic heterocycles. The number of rotatable bonds is 4. The largest absolute Gasteiger partial charge is 0.369 e. The van der Waals surface area contributed by atoms with Gasteiger partial charge in [-0.25, -0.2) is 0 Å². The second kappa shape index (κ2) is 8.43. The lowest BCUT2D eigenvalue weighted by molar-refractivity contribution is 0.0998. The summed E-state index contributed by atoms with van der Waals surface area (Å²) in [6.07, 6.45) is 2.57. The summed E-state index contributed by atoms with van der Waals surface area (Å²) in [5, 5.41) is 0.841. The Balaban J connectivity index is 1.24. The molecule has 2 fully saturated rings. The van der Waals surface area contributed by atoms with E-state index in [1.54, 1.807) is 0 Å². The third-order valence-electron chi connectivity index (χ3n) is 5.80. The van der Waals surface area contributed by atoms with Crippen LogP contribution in [-0.4, -0.2) is 55.1 Å². The zero-order chi connectivity index (χ0) is 17.8. The molecule has 2 aromatic rings. The molecule has 138 valence electrons. The smallest absolute Gasteiger partial charge is 0.0409 e. The van der Waals surface area contributed by atoms with Crippen molar-refractivity contribution in [3.63, 3.8) is 0 Å². The number of nitrogens with zero attached hydrogens (tertiary/aromatic N) is 3. The van der Waals surface area contributed by atoms with E-state index in [-0.39, 0.29) is 0 Å². The van der Waals surface area contributed by atoms with Gasteiger partial charge in [-0.3, -0.25) is 9.80 Å². The molecule has 0 N–H and O–H groups in total. The van der Waals surface area contributed by atoms with Gasteiger partial charge in [-0.15, -0.1) is 0 Å². The molecule has 0 radical (unpaired) electrons. The molecule has 4 rings (SSSR count). The van der Waals surface area contributed by atoms with Crippen LogP contribution in [0.2, 0.25) is 5.02 Å². The Bertz CT molecular complexity index is 690. The highest BCUT2D eigenvalue weighted by atomic mass is 35.5. The fourth-order valence-corrected chi connectivity index (χ4v) is 4.53. The van der Waals surface area contributed by atoms with Crippen LogP contribution in [-0.2, 0) is 6.54 Å². The van der Waals surface area contributed by atoms with Gasteiger partial charge in [-0.1, -0.05) is 41.9 Å². The highest BCUT2D eigenvalue weighted by molar-refractivity contribution is 6.30. The SMILES string of the molecule is Clc1cccc(CN2CCC(N3CCN(c4ccccc4)CC3)CC2)c1. The Kier molecular flexibility index (Phi) is 5.78.